The van der Waals surface area contributed by atoms with Crippen LogP contribution in [-0.4, -0.2) is 67.9 Å². The van der Waals surface area contributed by atoms with Gasteiger partial charge in [0.1, 0.15) is 36.5 Å². The second-order valence-corrected chi connectivity index (χ2v) is 5.64. The van der Waals surface area contributed by atoms with Crippen molar-refractivity contribution in [2.75, 3.05) is 28.7 Å². The van der Waals surface area contributed by atoms with E-state index in [9.17, 15) is 20.5 Å². The largest absolute Gasteiger partial charge is 0.394 e. The Labute approximate surface area is 137 Å². The Bertz CT molecular complexity index is 629. The van der Waals surface area contributed by atoms with Crippen LogP contribution in [0.4, 0.5) is 17.3 Å². The number of aliphatic hydroxyl groups is 3. The summed E-state index contributed by atoms with van der Waals surface area (Å²) >= 11 is 0. The molecule has 2 aliphatic heterocycles. The van der Waals surface area contributed by atoms with E-state index in [1.165, 1.54) is 24.5 Å². The summed E-state index contributed by atoms with van der Waals surface area (Å²) in [5, 5.41) is 40.1. The first-order valence-corrected chi connectivity index (χ1v) is 7.19. The molecule has 3 heterocycles. The second-order valence-electron chi connectivity index (χ2n) is 5.64. The highest BCUT2D eigenvalue weighted by molar-refractivity contribution is 5.82. The number of hydrogen-bond acceptors (Lipinski definition) is 11. The van der Waals surface area contributed by atoms with Gasteiger partial charge in [-0.25, -0.2) is 19.9 Å². The molecule has 24 heavy (non-hydrogen) atoms. The van der Waals surface area contributed by atoms with Crippen LogP contribution in [0.25, 0.3) is 0 Å². The Morgan fingerprint density at radius 2 is 2.33 bits per heavy atom. The van der Waals surface area contributed by atoms with Gasteiger partial charge in [-0.2, -0.15) is 0 Å². The second kappa shape index (κ2) is 6.12. The van der Waals surface area contributed by atoms with E-state index in [4.69, 9.17) is 9.57 Å². The molecular formula is C13H19N5O6. The zero-order chi connectivity index (χ0) is 17.5. The molecule has 1 saturated heterocycles. The summed E-state index contributed by atoms with van der Waals surface area (Å²) < 4.78 is 5.37. The molecule has 0 radical (unpaired) electrons. The molecule has 0 amide bonds. The average Bonchev–Trinajstić information content (AvgIpc) is 3.05. The van der Waals surface area contributed by atoms with Crippen molar-refractivity contribution in [3.8, 4) is 0 Å². The minimum absolute atomic E-state index is 0.141. The van der Waals surface area contributed by atoms with Gasteiger partial charge >= 0.3 is 0 Å². The monoisotopic (exact) mass is 341 g/mol. The molecule has 0 spiro atoms. The number of aliphatic hydroxyl groups excluding tert-OH is 2. The Hall–Kier alpha value is -2.02. The number of fused-ring (bicyclic) bond motifs is 1. The third kappa shape index (κ3) is 2.47. The quantitative estimate of drug-likeness (QED) is 0.410. The van der Waals surface area contributed by atoms with Crippen molar-refractivity contribution < 1.29 is 30.1 Å². The summed E-state index contributed by atoms with van der Waals surface area (Å²) in [5.74, 6) is 0.459. The van der Waals surface area contributed by atoms with Gasteiger partial charge in [-0.1, -0.05) is 6.58 Å². The smallest absolute Gasteiger partial charge is 0.215 e. The fourth-order valence-electron chi connectivity index (χ4n) is 2.68. The van der Waals surface area contributed by atoms with Crippen LogP contribution >= 0.6 is 0 Å². The van der Waals surface area contributed by atoms with Crippen LogP contribution in [0.2, 0.25) is 0 Å². The number of aromatic nitrogens is 2. The number of ether oxygens (including phenoxy) is 1. The minimum atomic E-state index is -1.74. The van der Waals surface area contributed by atoms with E-state index >= 15 is 0 Å². The summed E-state index contributed by atoms with van der Waals surface area (Å²) in [4.78, 5) is 15.3. The molecule has 1 fully saturated rings. The van der Waals surface area contributed by atoms with E-state index in [1.54, 1.807) is 4.90 Å². The third-order valence-electron chi connectivity index (χ3n) is 4.06. The van der Waals surface area contributed by atoms with Crippen molar-refractivity contribution in [3.63, 3.8) is 0 Å². The number of hydrogen-bond donors (Lipinski definition) is 5. The number of rotatable bonds is 5. The van der Waals surface area contributed by atoms with Crippen molar-refractivity contribution in [1.82, 2.24) is 9.97 Å². The molecule has 5 N–H and O–H groups in total. The molecule has 11 nitrogen and oxygen atoms in total. The summed E-state index contributed by atoms with van der Waals surface area (Å²) in [6.07, 6.45) is -0.805. The van der Waals surface area contributed by atoms with Crippen molar-refractivity contribution >= 4 is 17.3 Å². The standard InChI is InChI=1S/C13H19N5O6/c1-3-17-6-18(11-8(17)10(16-22)14-5-15-11)24-12-13(2,21)9(20)7(4-19)23-12/h3,5,7,9,12,19-22H,1,4,6H2,2H3,(H,14,15,16)/t7-,9-,12-,13-/m1/s1. The molecular weight excluding hydrogens is 322 g/mol. The van der Waals surface area contributed by atoms with Crippen LogP contribution in [-0.2, 0) is 9.57 Å². The van der Waals surface area contributed by atoms with Gasteiger partial charge in [0, 0.05) is 0 Å². The van der Waals surface area contributed by atoms with Gasteiger partial charge in [-0.3, -0.25) is 10.7 Å². The molecule has 1 aromatic rings. The first kappa shape index (κ1) is 16.8. The van der Waals surface area contributed by atoms with Gasteiger partial charge in [-0.05, 0) is 13.1 Å². The Kier molecular flexibility index (Phi) is 4.29. The fourth-order valence-corrected chi connectivity index (χ4v) is 2.68. The predicted molar refractivity (Wildman–Crippen MR) is 80.9 cm³/mol. The van der Waals surface area contributed by atoms with Gasteiger partial charge in [0.15, 0.2) is 11.6 Å². The van der Waals surface area contributed by atoms with E-state index in [1.807, 2.05) is 5.48 Å². The lowest BCUT2D eigenvalue weighted by molar-refractivity contribution is -0.206. The van der Waals surface area contributed by atoms with Gasteiger partial charge < -0.3 is 25.0 Å². The van der Waals surface area contributed by atoms with Crippen molar-refractivity contribution in [2.24, 2.45) is 0 Å². The summed E-state index contributed by atoms with van der Waals surface area (Å²) in [7, 11) is 0. The molecule has 0 aliphatic carbocycles. The molecule has 132 valence electrons. The van der Waals surface area contributed by atoms with E-state index in [0.717, 1.165) is 0 Å². The van der Waals surface area contributed by atoms with E-state index in [0.29, 0.717) is 11.5 Å². The normalized spacial score (nSPS) is 32.1. The summed E-state index contributed by atoms with van der Waals surface area (Å²) in [6.45, 7) is 4.70. The van der Waals surface area contributed by atoms with E-state index < -0.39 is 30.7 Å². The summed E-state index contributed by atoms with van der Waals surface area (Å²) in [6, 6.07) is 0. The van der Waals surface area contributed by atoms with Crippen LogP contribution in [0.15, 0.2) is 19.1 Å². The number of nitrogens with one attached hydrogen (secondary N) is 1. The first-order chi connectivity index (χ1) is 11.4. The molecule has 0 bridgehead atoms. The van der Waals surface area contributed by atoms with Gasteiger partial charge in [-0.15, -0.1) is 0 Å². The SMILES string of the molecule is C=CN1CN(O[C@H]2O[C@H](CO)[C@@H](O)[C@@]2(C)O)c2ncnc(NO)c21. The Balaban J connectivity index is 1.87. The highest BCUT2D eigenvalue weighted by Gasteiger charge is 2.54. The predicted octanol–water partition coefficient (Wildman–Crippen LogP) is -1.23. The highest BCUT2D eigenvalue weighted by Crippen LogP contribution is 2.41. The minimum Gasteiger partial charge on any atom is -0.394 e. The molecule has 11 heteroatoms. The zero-order valence-electron chi connectivity index (χ0n) is 12.9. The maximum atomic E-state index is 10.4. The molecule has 0 aromatic carbocycles. The number of hydroxylamine groups is 1. The van der Waals surface area contributed by atoms with Crippen molar-refractivity contribution in [2.45, 2.75) is 31.0 Å². The maximum Gasteiger partial charge on any atom is 0.215 e. The van der Waals surface area contributed by atoms with Crippen molar-refractivity contribution in [3.05, 3.63) is 19.1 Å². The van der Waals surface area contributed by atoms with Gasteiger partial charge in [0.2, 0.25) is 6.29 Å². The maximum absolute atomic E-state index is 10.4. The lowest BCUT2D eigenvalue weighted by Crippen LogP contribution is -2.49. The van der Waals surface area contributed by atoms with Crippen LogP contribution in [0.1, 0.15) is 6.92 Å². The van der Waals surface area contributed by atoms with E-state index in [-0.39, 0.29) is 12.5 Å². The zero-order valence-corrected chi connectivity index (χ0v) is 12.9. The summed E-state index contributed by atoms with van der Waals surface area (Å²) in [5.41, 5.74) is 0.656. The molecule has 1 aromatic heterocycles. The lowest BCUT2D eigenvalue weighted by atomic mass is 9.98. The van der Waals surface area contributed by atoms with Crippen LogP contribution in [0.5, 0.6) is 0 Å². The van der Waals surface area contributed by atoms with Gasteiger partial charge in [0.25, 0.3) is 0 Å². The Morgan fingerprint density at radius 3 is 2.92 bits per heavy atom. The average molecular weight is 341 g/mol. The lowest BCUT2D eigenvalue weighted by Gasteiger charge is -2.29. The Morgan fingerprint density at radius 1 is 1.58 bits per heavy atom. The van der Waals surface area contributed by atoms with E-state index in [2.05, 4.69) is 16.5 Å². The first-order valence-electron chi connectivity index (χ1n) is 7.19. The van der Waals surface area contributed by atoms with Gasteiger partial charge in [0.05, 0.1) is 6.61 Å². The third-order valence-corrected chi connectivity index (χ3v) is 4.06. The number of nitrogens with zero attached hydrogens (tertiary/aromatic N) is 4. The van der Waals surface area contributed by atoms with Crippen LogP contribution in [0, 0.1) is 0 Å². The topological polar surface area (TPSA) is 144 Å². The van der Waals surface area contributed by atoms with Crippen molar-refractivity contribution in [1.29, 1.82) is 0 Å². The van der Waals surface area contributed by atoms with Crippen LogP contribution < -0.4 is 15.4 Å². The number of anilines is 3. The molecule has 3 rings (SSSR count). The molecule has 2 aliphatic rings. The highest BCUT2D eigenvalue weighted by atomic mass is 16.8. The molecule has 0 unspecified atom stereocenters. The molecule has 4 atom stereocenters. The molecule has 0 saturated carbocycles. The van der Waals surface area contributed by atoms with Crippen LogP contribution in [0.3, 0.4) is 0 Å². The fraction of sp³-hybridized carbons (Fsp3) is 0.538.